The maximum absolute atomic E-state index is 9.73. The Bertz CT molecular complexity index is 1650. The molecule has 0 radical (unpaired) electrons. The Morgan fingerprint density at radius 3 is 2.72 bits per heavy atom. The highest BCUT2D eigenvalue weighted by Crippen LogP contribution is 2.29. The summed E-state index contributed by atoms with van der Waals surface area (Å²) in [6, 6.07) is 10.6. The van der Waals surface area contributed by atoms with Crippen LogP contribution in [0.15, 0.2) is 61.4 Å². The lowest BCUT2D eigenvalue weighted by Gasteiger charge is -2.25. The Balaban J connectivity index is 1.31. The molecule has 0 aliphatic carbocycles. The van der Waals surface area contributed by atoms with Gasteiger partial charge in [0, 0.05) is 54.5 Å². The van der Waals surface area contributed by atoms with E-state index in [0.717, 1.165) is 54.3 Å². The highest BCUT2D eigenvalue weighted by Gasteiger charge is 2.18. The molecule has 0 bridgehead atoms. The predicted molar refractivity (Wildman–Crippen MR) is 147 cm³/mol. The molecule has 1 aliphatic heterocycles. The zero-order chi connectivity index (χ0) is 26.8. The molecule has 6 heterocycles. The van der Waals surface area contributed by atoms with Gasteiger partial charge in [0.25, 0.3) is 0 Å². The molecular weight excluding hydrogens is 490 g/mol. The van der Waals surface area contributed by atoms with E-state index in [4.69, 9.17) is 14.7 Å². The number of anilines is 1. The van der Waals surface area contributed by atoms with Gasteiger partial charge < -0.3 is 9.64 Å². The second kappa shape index (κ2) is 10.6. The van der Waals surface area contributed by atoms with Crippen LogP contribution in [0.1, 0.15) is 43.1 Å². The molecule has 0 saturated heterocycles. The highest BCUT2D eigenvalue weighted by molar-refractivity contribution is 5.83. The highest BCUT2D eigenvalue weighted by atomic mass is 16.5. The fourth-order valence-electron chi connectivity index (χ4n) is 4.87. The molecule has 5 aromatic heterocycles. The molecule has 0 fully saturated rings. The summed E-state index contributed by atoms with van der Waals surface area (Å²) in [5, 5.41) is 18.6. The van der Waals surface area contributed by atoms with E-state index in [-0.39, 0.29) is 6.04 Å². The lowest BCUT2D eigenvalue weighted by molar-refractivity contribution is 0.125. The second-order valence-corrected chi connectivity index (χ2v) is 9.90. The Morgan fingerprint density at radius 2 is 1.92 bits per heavy atom. The monoisotopic (exact) mass is 519 g/mol. The van der Waals surface area contributed by atoms with Gasteiger partial charge in [-0.3, -0.25) is 9.67 Å². The summed E-state index contributed by atoms with van der Waals surface area (Å²) < 4.78 is 9.56. The number of hydrogen-bond donors (Lipinski definition) is 0. The van der Waals surface area contributed by atoms with Crippen LogP contribution in [-0.2, 0) is 17.8 Å². The summed E-state index contributed by atoms with van der Waals surface area (Å²) in [6.07, 6.45) is 12.7. The van der Waals surface area contributed by atoms with Crippen LogP contribution in [0, 0.1) is 11.3 Å². The minimum Gasteiger partial charge on any atom is -0.375 e. The Hall–Kier alpha value is -4.62. The molecule has 1 aliphatic rings. The number of ether oxygens (including phenoxy) is 1. The van der Waals surface area contributed by atoms with E-state index in [1.807, 2.05) is 47.7 Å². The minimum atomic E-state index is 0.238. The molecule has 196 valence electrons. The first-order valence-corrected chi connectivity index (χ1v) is 13.2. The van der Waals surface area contributed by atoms with E-state index in [1.54, 1.807) is 16.9 Å². The number of nitrogens with zero attached hydrogens (tertiary/aromatic N) is 9. The maximum atomic E-state index is 9.73. The number of aryl methyl sites for hydroxylation is 1. The fraction of sp³-hybridized carbons (Fsp3) is 0.310. The van der Waals surface area contributed by atoms with Gasteiger partial charge in [0.2, 0.25) is 0 Å². The number of rotatable bonds is 4. The van der Waals surface area contributed by atoms with Crippen LogP contribution in [0.2, 0.25) is 0 Å². The van der Waals surface area contributed by atoms with Crippen molar-refractivity contribution in [2.75, 3.05) is 24.6 Å². The van der Waals surface area contributed by atoms with E-state index in [9.17, 15) is 5.26 Å². The molecule has 0 amide bonds. The maximum Gasteiger partial charge on any atom is 0.128 e. The van der Waals surface area contributed by atoms with Crippen LogP contribution < -0.4 is 4.90 Å². The van der Waals surface area contributed by atoms with Gasteiger partial charge in [0.15, 0.2) is 0 Å². The molecule has 0 spiro atoms. The van der Waals surface area contributed by atoms with Crippen LogP contribution in [0.5, 0.6) is 0 Å². The van der Waals surface area contributed by atoms with Crippen molar-refractivity contribution in [1.29, 1.82) is 5.26 Å². The van der Waals surface area contributed by atoms with Crippen molar-refractivity contribution in [3.63, 3.8) is 0 Å². The Labute approximate surface area is 226 Å². The standard InChI is InChI=1S/C29H29N9O/c1-20(2)37-17-24(16-33-37)26-18-38-29(23(13-30)15-34-38)28(35-26)21-7-8-27(32-14-21)36-10-4-6-25-22(5-3-9-31-25)19-39-12-11-36/h3,5,7-9,14-18,20H,4,6,10-12,19H2,1-2H3. The van der Waals surface area contributed by atoms with E-state index in [0.29, 0.717) is 30.0 Å². The third kappa shape index (κ3) is 4.96. The van der Waals surface area contributed by atoms with Gasteiger partial charge in [-0.2, -0.15) is 15.5 Å². The van der Waals surface area contributed by atoms with Gasteiger partial charge in [0.1, 0.15) is 23.0 Å². The van der Waals surface area contributed by atoms with Crippen LogP contribution in [0.4, 0.5) is 5.82 Å². The molecule has 0 atom stereocenters. The average molecular weight is 520 g/mol. The number of fused-ring (bicyclic) bond motifs is 2. The quantitative estimate of drug-likeness (QED) is 0.342. The molecule has 0 saturated carbocycles. The summed E-state index contributed by atoms with van der Waals surface area (Å²) in [5.41, 5.74) is 6.48. The van der Waals surface area contributed by atoms with Crippen molar-refractivity contribution in [1.82, 2.24) is 34.3 Å². The third-order valence-corrected chi connectivity index (χ3v) is 6.98. The number of aromatic nitrogens is 7. The first kappa shape index (κ1) is 24.7. The molecule has 10 nitrogen and oxygen atoms in total. The van der Waals surface area contributed by atoms with Gasteiger partial charge in [-0.1, -0.05) is 6.07 Å². The third-order valence-electron chi connectivity index (χ3n) is 6.98. The predicted octanol–water partition coefficient (Wildman–Crippen LogP) is 4.47. The Kier molecular flexibility index (Phi) is 6.73. The van der Waals surface area contributed by atoms with Crippen LogP contribution in [0.3, 0.4) is 0 Å². The van der Waals surface area contributed by atoms with E-state index in [2.05, 4.69) is 46.1 Å². The van der Waals surface area contributed by atoms with Crippen molar-refractivity contribution >= 4 is 11.3 Å². The average Bonchev–Trinajstić information content (AvgIpc) is 3.63. The van der Waals surface area contributed by atoms with Crippen molar-refractivity contribution in [3.8, 4) is 28.6 Å². The first-order valence-electron chi connectivity index (χ1n) is 13.2. The topological polar surface area (TPSA) is 110 Å². The normalized spacial score (nSPS) is 14.4. The lowest BCUT2D eigenvalue weighted by atomic mass is 10.1. The molecule has 10 heteroatoms. The fourth-order valence-corrected chi connectivity index (χ4v) is 4.87. The molecule has 6 rings (SSSR count). The van der Waals surface area contributed by atoms with Crippen molar-refractivity contribution in [2.45, 2.75) is 39.3 Å². The van der Waals surface area contributed by atoms with Crippen LogP contribution in [0.25, 0.3) is 28.0 Å². The summed E-state index contributed by atoms with van der Waals surface area (Å²) >= 11 is 0. The van der Waals surface area contributed by atoms with Crippen molar-refractivity contribution in [3.05, 3.63) is 78.3 Å². The minimum absolute atomic E-state index is 0.238. The van der Waals surface area contributed by atoms with E-state index in [1.165, 1.54) is 5.56 Å². The number of nitriles is 1. The zero-order valence-corrected chi connectivity index (χ0v) is 22.0. The summed E-state index contributed by atoms with van der Waals surface area (Å²) in [7, 11) is 0. The Morgan fingerprint density at radius 1 is 1.00 bits per heavy atom. The summed E-state index contributed by atoms with van der Waals surface area (Å²) in [4.78, 5) is 16.6. The second-order valence-electron chi connectivity index (χ2n) is 9.90. The van der Waals surface area contributed by atoms with Gasteiger partial charge in [-0.25, -0.2) is 14.5 Å². The largest absolute Gasteiger partial charge is 0.375 e. The summed E-state index contributed by atoms with van der Waals surface area (Å²) in [5.74, 6) is 0.878. The van der Waals surface area contributed by atoms with Gasteiger partial charge in [0.05, 0.1) is 43.2 Å². The molecular formula is C29H29N9O. The van der Waals surface area contributed by atoms with Crippen LogP contribution in [-0.4, -0.2) is 54.0 Å². The summed E-state index contributed by atoms with van der Waals surface area (Å²) in [6.45, 7) is 6.94. The number of hydrogen-bond acceptors (Lipinski definition) is 8. The van der Waals surface area contributed by atoms with Gasteiger partial charge in [-0.15, -0.1) is 0 Å². The van der Waals surface area contributed by atoms with Crippen LogP contribution >= 0.6 is 0 Å². The van der Waals surface area contributed by atoms with E-state index < -0.39 is 0 Å². The SMILES string of the molecule is CC(C)n1cc(-c2cn3ncc(C#N)c3c(-c3ccc(N4CCCc5ncccc5COCC4)nc3)n2)cn1. The van der Waals surface area contributed by atoms with E-state index >= 15 is 0 Å². The first-order chi connectivity index (χ1) is 19.1. The van der Waals surface area contributed by atoms with Crippen molar-refractivity contribution < 1.29 is 4.74 Å². The van der Waals surface area contributed by atoms with Gasteiger partial charge >= 0.3 is 0 Å². The molecule has 39 heavy (non-hydrogen) atoms. The van der Waals surface area contributed by atoms with Crippen molar-refractivity contribution in [2.24, 2.45) is 0 Å². The van der Waals surface area contributed by atoms with Gasteiger partial charge in [-0.05, 0) is 50.5 Å². The zero-order valence-electron chi connectivity index (χ0n) is 22.0. The molecule has 0 unspecified atom stereocenters. The smallest absolute Gasteiger partial charge is 0.128 e. The molecule has 5 aromatic rings. The lowest BCUT2D eigenvalue weighted by Crippen LogP contribution is -2.30. The number of pyridine rings is 2. The molecule has 0 aromatic carbocycles. The molecule has 0 N–H and O–H groups in total.